The quantitative estimate of drug-likeness (QED) is 0.113. The van der Waals surface area contributed by atoms with Gasteiger partial charge in [-0.05, 0) is 56.2 Å². The van der Waals surface area contributed by atoms with E-state index < -0.39 is 53.8 Å². The zero-order valence-corrected chi connectivity index (χ0v) is 23.7. The molecule has 13 nitrogen and oxygen atoms in total. The first-order valence-electron chi connectivity index (χ1n) is 13.9. The van der Waals surface area contributed by atoms with Crippen molar-refractivity contribution >= 4 is 40.5 Å². The van der Waals surface area contributed by atoms with Gasteiger partial charge in [-0.25, -0.2) is 4.79 Å². The third-order valence-corrected chi connectivity index (χ3v) is 6.67. The highest BCUT2D eigenvalue weighted by Crippen LogP contribution is 2.19. The third kappa shape index (κ3) is 10.8. The molecule has 2 rings (SSSR count). The number of benzene rings is 1. The molecule has 1 aromatic carbocycles. The highest BCUT2D eigenvalue weighted by atomic mass is 16.4. The van der Waals surface area contributed by atoms with Gasteiger partial charge in [0.2, 0.25) is 23.6 Å². The number of carboxylic acid groups (broad SMARTS) is 1. The van der Waals surface area contributed by atoms with E-state index in [1.807, 2.05) is 38.1 Å². The number of fused-ring (bicyclic) bond motifs is 1. The van der Waals surface area contributed by atoms with Crippen LogP contribution in [0.2, 0.25) is 0 Å². The van der Waals surface area contributed by atoms with Gasteiger partial charge in [-0.1, -0.05) is 32.0 Å². The van der Waals surface area contributed by atoms with Crippen LogP contribution in [0.3, 0.4) is 0 Å². The fourth-order valence-corrected chi connectivity index (χ4v) is 4.44. The summed E-state index contributed by atoms with van der Waals surface area (Å²) in [5.74, 6) is -3.72. The predicted octanol–water partition coefficient (Wildman–Crippen LogP) is 0.0173. The van der Waals surface area contributed by atoms with E-state index in [9.17, 15) is 29.1 Å². The Hall–Kier alpha value is -3.97. The molecule has 4 atom stereocenters. The maximum atomic E-state index is 13.3. The first-order valence-corrected chi connectivity index (χ1v) is 13.9. The molecular formula is C28H43N7O6. The van der Waals surface area contributed by atoms with Gasteiger partial charge in [-0.2, -0.15) is 0 Å². The molecule has 0 aliphatic carbocycles. The topological polar surface area (TPSA) is 236 Å². The smallest absolute Gasteiger partial charge is 0.326 e. The molecule has 0 radical (unpaired) electrons. The molecular weight excluding hydrogens is 530 g/mol. The molecule has 0 saturated heterocycles. The molecule has 226 valence electrons. The summed E-state index contributed by atoms with van der Waals surface area (Å²) in [6.07, 6.45) is 3.29. The molecule has 0 saturated carbocycles. The van der Waals surface area contributed by atoms with E-state index in [0.717, 1.165) is 16.5 Å². The first-order chi connectivity index (χ1) is 19.4. The predicted molar refractivity (Wildman–Crippen MR) is 154 cm³/mol. The minimum Gasteiger partial charge on any atom is -0.480 e. The Morgan fingerprint density at radius 3 is 2.17 bits per heavy atom. The number of carbonyl (C=O) groups excluding carboxylic acids is 4. The van der Waals surface area contributed by atoms with Gasteiger partial charge in [0.15, 0.2) is 0 Å². The van der Waals surface area contributed by atoms with Crippen LogP contribution in [0.5, 0.6) is 0 Å². The summed E-state index contributed by atoms with van der Waals surface area (Å²) in [4.78, 5) is 65.5. The Balaban J connectivity index is 2.16. The van der Waals surface area contributed by atoms with E-state index in [2.05, 4.69) is 20.9 Å². The van der Waals surface area contributed by atoms with Crippen molar-refractivity contribution in [3.63, 3.8) is 0 Å². The molecule has 13 heteroatoms. The second-order valence-corrected chi connectivity index (χ2v) is 10.6. The monoisotopic (exact) mass is 573 g/mol. The van der Waals surface area contributed by atoms with Gasteiger partial charge < -0.3 is 43.2 Å². The number of primary amides is 1. The molecule has 4 amide bonds. The number of nitrogens with one attached hydrogen (secondary N) is 4. The van der Waals surface area contributed by atoms with Crippen LogP contribution in [0, 0.1) is 5.92 Å². The van der Waals surface area contributed by atoms with Crippen molar-refractivity contribution < 1.29 is 29.1 Å². The van der Waals surface area contributed by atoms with Gasteiger partial charge in [0.1, 0.15) is 18.1 Å². The second-order valence-electron chi connectivity index (χ2n) is 10.6. The van der Waals surface area contributed by atoms with Gasteiger partial charge in [-0.3, -0.25) is 19.2 Å². The number of unbranched alkanes of at least 4 members (excludes halogenated alkanes) is 1. The number of H-pyrrole nitrogens is 1. The lowest BCUT2D eigenvalue weighted by Crippen LogP contribution is -2.57. The molecule has 0 bridgehead atoms. The second kappa shape index (κ2) is 16.3. The number of hydrogen-bond donors (Lipinski definition) is 8. The standard InChI is InChI=1S/C28H43N7O6/c1-16(2)13-22(27(39)35-23(28(40)41)14-17-15-32-20-8-4-3-7-18(17)20)34-26(38)21(9-5-6-12-29)33-25(37)19(30)10-11-24(31)36/h3-4,7-8,15-16,19,21-23,32H,5-6,9-14,29-30H2,1-2H3,(H2,31,36)(H,33,37)(H,34,38)(H,35,39)(H,40,41). The Kier molecular flexibility index (Phi) is 13.2. The largest absolute Gasteiger partial charge is 0.480 e. The summed E-state index contributed by atoms with van der Waals surface area (Å²) in [6, 6.07) is 3.08. The van der Waals surface area contributed by atoms with Crippen LogP contribution >= 0.6 is 0 Å². The van der Waals surface area contributed by atoms with Crippen molar-refractivity contribution in [3.8, 4) is 0 Å². The number of nitrogens with two attached hydrogens (primary N) is 3. The molecule has 0 aliphatic heterocycles. The van der Waals surface area contributed by atoms with Gasteiger partial charge in [0, 0.05) is 29.9 Å². The summed E-state index contributed by atoms with van der Waals surface area (Å²) in [7, 11) is 0. The van der Waals surface area contributed by atoms with Gasteiger partial charge in [0.25, 0.3) is 0 Å². The molecule has 1 heterocycles. The summed E-state index contributed by atoms with van der Waals surface area (Å²) in [5.41, 5.74) is 18.2. The molecule has 1 aromatic heterocycles. The molecule has 0 fully saturated rings. The summed E-state index contributed by atoms with van der Waals surface area (Å²) in [6.45, 7) is 4.13. The normalized spacial score (nSPS) is 14.2. The van der Waals surface area contributed by atoms with Crippen LogP contribution in [0.15, 0.2) is 30.5 Å². The molecule has 2 aromatic rings. The van der Waals surface area contributed by atoms with Crippen molar-refractivity contribution in [2.24, 2.45) is 23.1 Å². The van der Waals surface area contributed by atoms with Gasteiger partial charge in [-0.15, -0.1) is 0 Å². The SMILES string of the molecule is CC(C)CC(NC(=O)C(CCCCN)NC(=O)C(N)CCC(N)=O)C(=O)NC(Cc1c[nH]c2ccccc12)C(=O)O. The van der Waals surface area contributed by atoms with E-state index in [1.54, 1.807) is 6.20 Å². The molecule has 41 heavy (non-hydrogen) atoms. The third-order valence-electron chi connectivity index (χ3n) is 6.67. The van der Waals surface area contributed by atoms with Crippen molar-refractivity contribution in [2.45, 2.75) is 83.0 Å². The minimum absolute atomic E-state index is 0.0176. The number of aromatic amines is 1. The highest BCUT2D eigenvalue weighted by molar-refractivity contribution is 5.94. The van der Waals surface area contributed by atoms with Crippen LogP contribution < -0.4 is 33.2 Å². The number of carbonyl (C=O) groups is 5. The number of carboxylic acids is 1. The Morgan fingerprint density at radius 1 is 0.902 bits per heavy atom. The molecule has 0 spiro atoms. The van der Waals surface area contributed by atoms with Crippen molar-refractivity contribution in [2.75, 3.05) is 6.54 Å². The van der Waals surface area contributed by atoms with Crippen LogP contribution in [0.1, 0.15) is 57.9 Å². The van der Waals surface area contributed by atoms with Gasteiger partial charge in [0.05, 0.1) is 6.04 Å². The number of aromatic nitrogens is 1. The number of hydrogen-bond acceptors (Lipinski definition) is 7. The number of amides is 4. The zero-order chi connectivity index (χ0) is 30.5. The maximum Gasteiger partial charge on any atom is 0.326 e. The summed E-state index contributed by atoms with van der Waals surface area (Å²) in [5, 5.41) is 18.6. The number of aliphatic carboxylic acids is 1. The van der Waals surface area contributed by atoms with E-state index >= 15 is 0 Å². The Morgan fingerprint density at radius 2 is 1.54 bits per heavy atom. The highest BCUT2D eigenvalue weighted by Gasteiger charge is 2.31. The molecule has 4 unspecified atom stereocenters. The van der Waals surface area contributed by atoms with Crippen molar-refractivity contribution in [3.05, 3.63) is 36.0 Å². The lowest BCUT2D eigenvalue weighted by Gasteiger charge is -2.26. The fourth-order valence-electron chi connectivity index (χ4n) is 4.44. The van der Waals surface area contributed by atoms with E-state index in [0.29, 0.717) is 19.4 Å². The van der Waals surface area contributed by atoms with Crippen molar-refractivity contribution in [1.29, 1.82) is 0 Å². The summed E-state index contributed by atoms with van der Waals surface area (Å²) < 4.78 is 0. The maximum absolute atomic E-state index is 13.3. The molecule has 0 aliphatic rings. The van der Waals surface area contributed by atoms with Crippen LogP contribution in [0.4, 0.5) is 0 Å². The Labute approximate surface area is 239 Å². The van der Waals surface area contributed by atoms with E-state index in [-0.39, 0.29) is 38.0 Å². The van der Waals surface area contributed by atoms with Crippen LogP contribution in [-0.4, -0.2) is 70.4 Å². The fraction of sp³-hybridized carbons (Fsp3) is 0.536. The van der Waals surface area contributed by atoms with Crippen LogP contribution in [-0.2, 0) is 30.4 Å². The first kappa shape index (κ1) is 33.2. The minimum atomic E-state index is -1.24. The lowest BCUT2D eigenvalue weighted by atomic mass is 10.00. The average molecular weight is 574 g/mol. The number of rotatable bonds is 18. The van der Waals surface area contributed by atoms with Crippen LogP contribution in [0.25, 0.3) is 10.9 Å². The van der Waals surface area contributed by atoms with Crippen molar-refractivity contribution in [1.82, 2.24) is 20.9 Å². The zero-order valence-electron chi connectivity index (χ0n) is 23.7. The average Bonchev–Trinajstić information content (AvgIpc) is 3.32. The number of para-hydroxylation sites is 1. The van der Waals surface area contributed by atoms with Gasteiger partial charge >= 0.3 is 5.97 Å². The summed E-state index contributed by atoms with van der Waals surface area (Å²) >= 11 is 0. The Bertz CT molecular complexity index is 1200. The lowest BCUT2D eigenvalue weighted by molar-refractivity contribution is -0.142. The van der Waals surface area contributed by atoms with E-state index in [1.165, 1.54) is 0 Å². The van der Waals surface area contributed by atoms with E-state index in [4.69, 9.17) is 17.2 Å². The molecule has 11 N–H and O–H groups in total.